The van der Waals surface area contributed by atoms with Crippen molar-refractivity contribution in [1.29, 1.82) is 0 Å². The summed E-state index contributed by atoms with van der Waals surface area (Å²) in [5.74, 6) is 0.269. The Labute approximate surface area is 75.3 Å². The third-order valence-corrected chi connectivity index (χ3v) is 2.56. The lowest BCUT2D eigenvalue weighted by molar-refractivity contribution is -0.162. The van der Waals surface area contributed by atoms with E-state index in [4.69, 9.17) is 4.74 Å². The molecule has 0 spiro atoms. The predicted octanol–water partition coefficient (Wildman–Crippen LogP) is 2.76. The Bertz CT molecular complexity index is 152. The molecule has 0 aliphatic rings. The topological polar surface area (TPSA) is 26.3 Å². The van der Waals surface area contributed by atoms with Crippen LogP contribution in [0.2, 0.25) is 0 Å². The van der Waals surface area contributed by atoms with E-state index in [0.29, 0.717) is 12.3 Å². The van der Waals surface area contributed by atoms with Gasteiger partial charge in [-0.05, 0) is 19.3 Å². The van der Waals surface area contributed by atoms with Crippen molar-refractivity contribution < 1.29 is 9.53 Å². The first kappa shape index (κ1) is 11.5. The maximum Gasteiger partial charge on any atom is 0.306 e. The van der Waals surface area contributed by atoms with Crippen molar-refractivity contribution in [2.45, 2.75) is 53.1 Å². The fraction of sp³-hybridized carbons (Fsp3) is 0.900. The second-order valence-corrected chi connectivity index (χ2v) is 3.65. The van der Waals surface area contributed by atoms with Crippen LogP contribution in [0.4, 0.5) is 0 Å². The molecule has 0 fully saturated rings. The zero-order valence-electron chi connectivity index (χ0n) is 8.81. The molecule has 0 bridgehead atoms. The number of carbonyl (C=O) groups is 1. The molecule has 0 radical (unpaired) electrons. The van der Waals surface area contributed by atoms with E-state index >= 15 is 0 Å². The van der Waals surface area contributed by atoms with Gasteiger partial charge in [0.25, 0.3) is 0 Å². The summed E-state index contributed by atoms with van der Waals surface area (Å²) < 4.78 is 5.36. The van der Waals surface area contributed by atoms with Gasteiger partial charge in [-0.15, -0.1) is 0 Å². The van der Waals surface area contributed by atoms with Gasteiger partial charge in [-0.3, -0.25) is 4.79 Å². The van der Waals surface area contributed by atoms with Gasteiger partial charge in [-0.25, -0.2) is 0 Å². The normalized spacial score (nSPS) is 15.8. The molecule has 0 aromatic heterocycles. The molecule has 0 aromatic rings. The van der Waals surface area contributed by atoms with Gasteiger partial charge in [0.1, 0.15) is 5.60 Å². The fourth-order valence-corrected chi connectivity index (χ4v) is 0.930. The van der Waals surface area contributed by atoms with Gasteiger partial charge in [0.05, 0.1) is 0 Å². The van der Waals surface area contributed by atoms with Gasteiger partial charge in [-0.1, -0.05) is 27.7 Å². The smallest absolute Gasteiger partial charge is 0.306 e. The molecule has 0 aliphatic heterocycles. The van der Waals surface area contributed by atoms with Crippen LogP contribution < -0.4 is 0 Å². The number of ether oxygens (including phenoxy) is 1. The zero-order valence-corrected chi connectivity index (χ0v) is 8.81. The minimum Gasteiger partial charge on any atom is -0.459 e. The maximum absolute atomic E-state index is 11.1. The molecule has 0 saturated carbocycles. The monoisotopic (exact) mass is 172 g/mol. The van der Waals surface area contributed by atoms with Crippen LogP contribution in [-0.2, 0) is 9.53 Å². The average molecular weight is 172 g/mol. The molecule has 1 unspecified atom stereocenters. The molecular formula is C10H20O2. The summed E-state index contributed by atoms with van der Waals surface area (Å²) in [7, 11) is 0. The fourth-order valence-electron chi connectivity index (χ4n) is 0.930. The van der Waals surface area contributed by atoms with Crippen LogP contribution in [0.1, 0.15) is 47.5 Å². The lowest BCUT2D eigenvalue weighted by Gasteiger charge is -2.32. The van der Waals surface area contributed by atoms with Gasteiger partial charge >= 0.3 is 5.97 Å². The Kier molecular flexibility index (Phi) is 4.29. The highest BCUT2D eigenvalue weighted by atomic mass is 16.6. The number of rotatable bonds is 4. The molecule has 0 N–H and O–H groups in total. The molecule has 0 aliphatic carbocycles. The van der Waals surface area contributed by atoms with Gasteiger partial charge in [-0.2, -0.15) is 0 Å². The predicted molar refractivity (Wildman–Crippen MR) is 49.9 cm³/mol. The zero-order chi connectivity index (χ0) is 9.78. The molecule has 12 heavy (non-hydrogen) atoms. The van der Waals surface area contributed by atoms with E-state index in [-0.39, 0.29) is 11.6 Å². The molecule has 0 amide bonds. The summed E-state index contributed by atoms with van der Waals surface area (Å²) in [6.45, 7) is 10.0. The molecule has 0 aromatic carbocycles. The molecule has 0 heterocycles. The first-order valence-electron chi connectivity index (χ1n) is 4.68. The quantitative estimate of drug-likeness (QED) is 0.609. The highest BCUT2D eigenvalue weighted by Crippen LogP contribution is 2.25. The largest absolute Gasteiger partial charge is 0.459 e. The lowest BCUT2D eigenvalue weighted by Crippen LogP contribution is -2.36. The second kappa shape index (κ2) is 4.48. The van der Waals surface area contributed by atoms with Gasteiger partial charge in [0, 0.05) is 6.42 Å². The first-order valence-corrected chi connectivity index (χ1v) is 4.68. The maximum atomic E-state index is 11.1. The van der Waals surface area contributed by atoms with Crippen LogP contribution in [0.25, 0.3) is 0 Å². The number of esters is 1. The van der Waals surface area contributed by atoms with Gasteiger partial charge in [0.2, 0.25) is 0 Å². The van der Waals surface area contributed by atoms with Gasteiger partial charge < -0.3 is 4.74 Å². The van der Waals surface area contributed by atoms with E-state index in [1.165, 1.54) is 0 Å². The molecule has 0 saturated heterocycles. The first-order chi connectivity index (χ1) is 5.46. The lowest BCUT2D eigenvalue weighted by atomic mass is 9.89. The summed E-state index contributed by atoms with van der Waals surface area (Å²) in [4.78, 5) is 11.1. The van der Waals surface area contributed by atoms with Crippen LogP contribution >= 0.6 is 0 Å². The van der Waals surface area contributed by atoms with Crippen molar-refractivity contribution in [2.75, 3.05) is 0 Å². The molecule has 1 atom stereocenters. The summed E-state index contributed by atoms with van der Waals surface area (Å²) in [6, 6.07) is 0. The van der Waals surface area contributed by atoms with Crippen molar-refractivity contribution in [2.24, 2.45) is 5.92 Å². The Morgan fingerprint density at radius 3 is 2.17 bits per heavy atom. The summed E-state index contributed by atoms with van der Waals surface area (Å²) in [5, 5.41) is 0. The Hall–Kier alpha value is -0.530. The van der Waals surface area contributed by atoms with E-state index in [9.17, 15) is 4.79 Å². The van der Waals surface area contributed by atoms with Crippen molar-refractivity contribution in [3.8, 4) is 0 Å². The SMILES string of the molecule is CCC(=O)OC(C)(CC)C(C)C. The van der Waals surface area contributed by atoms with E-state index in [1.54, 1.807) is 0 Å². The summed E-state index contributed by atoms with van der Waals surface area (Å²) >= 11 is 0. The highest BCUT2D eigenvalue weighted by molar-refractivity contribution is 5.69. The Morgan fingerprint density at radius 2 is 1.92 bits per heavy atom. The Morgan fingerprint density at radius 1 is 1.42 bits per heavy atom. The third kappa shape index (κ3) is 2.84. The number of hydrogen-bond donors (Lipinski definition) is 0. The van der Waals surface area contributed by atoms with Crippen molar-refractivity contribution in [3.63, 3.8) is 0 Å². The number of hydrogen-bond acceptors (Lipinski definition) is 2. The van der Waals surface area contributed by atoms with E-state index in [0.717, 1.165) is 6.42 Å². The van der Waals surface area contributed by atoms with E-state index in [1.807, 2.05) is 20.8 Å². The van der Waals surface area contributed by atoms with Crippen LogP contribution in [0.3, 0.4) is 0 Å². The Balaban J connectivity index is 4.23. The highest BCUT2D eigenvalue weighted by Gasteiger charge is 2.29. The van der Waals surface area contributed by atoms with E-state index in [2.05, 4.69) is 13.8 Å². The van der Waals surface area contributed by atoms with Crippen LogP contribution in [-0.4, -0.2) is 11.6 Å². The molecular weight excluding hydrogens is 152 g/mol. The van der Waals surface area contributed by atoms with Crippen molar-refractivity contribution >= 4 is 5.97 Å². The summed E-state index contributed by atoms with van der Waals surface area (Å²) in [5.41, 5.74) is -0.285. The van der Waals surface area contributed by atoms with Crippen molar-refractivity contribution in [1.82, 2.24) is 0 Å². The summed E-state index contributed by atoms with van der Waals surface area (Å²) in [6.07, 6.45) is 1.33. The molecule has 2 heteroatoms. The molecule has 2 nitrogen and oxygen atoms in total. The minimum absolute atomic E-state index is 0.104. The van der Waals surface area contributed by atoms with Crippen LogP contribution in [0, 0.1) is 5.92 Å². The van der Waals surface area contributed by atoms with Crippen LogP contribution in [0.15, 0.2) is 0 Å². The van der Waals surface area contributed by atoms with Gasteiger partial charge in [0.15, 0.2) is 0 Å². The minimum atomic E-state index is -0.285. The second-order valence-electron chi connectivity index (χ2n) is 3.65. The molecule has 72 valence electrons. The standard InChI is InChI=1S/C10H20O2/c1-6-9(11)12-10(5,7-2)8(3)4/h8H,6-7H2,1-5H3. The van der Waals surface area contributed by atoms with Crippen molar-refractivity contribution in [3.05, 3.63) is 0 Å². The third-order valence-electron chi connectivity index (χ3n) is 2.56. The van der Waals surface area contributed by atoms with E-state index < -0.39 is 0 Å². The average Bonchev–Trinajstić information content (AvgIpc) is 2.03. The number of carbonyl (C=O) groups excluding carboxylic acids is 1. The molecule has 0 rings (SSSR count). The van der Waals surface area contributed by atoms with Crippen LogP contribution in [0.5, 0.6) is 0 Å².